The van der Waals surface area contributed by atoms with Crippen LogP contribution in [0.15, 0.2) is 0 Å². The molecule has 0 aromatic rings. The Hall–Kier alpha value is -0.340. The third-order valence-electron chi connectivity index (χ3n) is 3.87. The van der Waals surface area contributed by atoms with Crippen molar-refractivity contribution in [3.8, 4) is 0 Å². The Kier molecular flexibility index (Phi) is 13.7. The van der Waals surface area contributed by atoms with Gasteiger partial charge in [-0.25, -0.2) is 0 Å². The maximum Gasteiger partial charge on any atom is 0.303 e. The van der Waals surface area contributed by atoms with Crippen molar-refractivity contribution in [1.29, 1.82) is 0 Å². The number of carboxylic acid groups (broad SMARTS) is 1. The first-order chi connectivity index (χ1) is 11.4. The Bertz CT molecular complexity index is 383. The molecule has 0 saturated carbocycles. The topological polar surface area (TPSA) is 83.5 Å². The third kappa shape index (κ3) is 10.5. The molecule has 0 aliphatic rings. The molecule has 0 spiro atoms. The van der Waals surface area contributed by atoms with E-state index >= 15 is 0 Å². The number of hydrogen-bond donors (Lipinski definition) is 5. The highest BCUT2D eigenvalue weighted by atomic mass is 32.1. The fraction of sp³-hybridized carbons (Fsp3) is 0.812. The van der Waals surface area contributed by atoms with Crippen LogP contribution in [0.4, 0.5) is 0 Å². The van der Waals surface area contributed by atoms with Crippen molar-refractivity contribution in [2.24, 2.45) is 0 Å². The maximum absolute atomic E-state index is 12.3. The highest BCUT2D eigenvalue weighted by Gasteiger charge is 2.32. The van der Waals surface area contributed by atoms with E-state index in [1.165, 1.54) is 0 Å². The van der Waals surface area contributed by atoms with Crippen LogP contribution < -0.4 is 5.32 Å². The molecule has 0 rings (SSSR count). The predicted molar refractivity (Wildman–Crippen MR) is 107 cm³/mol. The summed E-state index contributed by atoms with van der Waals surface area (Å²) in [6.45, 7) is 0. The lowest BCUT2D eigenvalue weighted by Crippen LogP contribution is -2.51. The summed E-state index contributed by atoms with van der Waals surface area (Å²) < 4.78 is 0. The van der Waals surface area contributed by atoms with E-state index in [9.17, 15) is 14.4 Å². The molecule has 8 heteroatoms. The normalized spacial score (nSPS) is 11.3. The minimum Gasteiger partial charge on any atom is -0.481 e. The lowest BCUT2D eigenvalue weighted by atomic mass is 9.84. The van der Waals surface area contributed by atoms with Gasteiger partial charge in [0.2, 0.25) is 5.78 Å². The summed E-state index contributed by atoms with van der Waals surface area (Å²) in [5.74, 6) is 0.0130. The van der Waals surface area contributed by atoms with Gasteiger partial charge < -0.3 is 10.4 Å². The molecule has 0 aliphatic carbocycles. The number of thiol groups is 3. The van der Waals surface area contributed by atoms with Gasteiger partial charge in [-0.1, -0.05) is 0 Å². The average Bonchev–Trinajstić information content (AvgIpc) is 2.55. The van der Waals surface area contributed by atoms with E-state index < -0.39 is 23.2 Å². The van der Waals surface area contributed by atoms with Gasteiger partial charge in [0.25, 0.3) is 5.91 Å². The molecule has 0 aromatic carbocycles. The first-order valence-electron chi connectivity index (χ1n) is 8.30. The van der Waals surface area contributed by atoms with Crippen LogP contribution in [0.5, 0.6) is 0 Å². The maximum atomic E-state index is 12.3. The molecular weight excluding hydrogens is 366 g/mol. The number of carboxylic acids is 1. The Morgan fingerprint density at radius 1 is 0.792 bits per heavy atom. The number of carbonyl (C=O) groups is 3. The van der Waals surface area contributed by atoms with Crippen molar-refractivity contribution in [3.63, 3.8) is 0 Å². The van der Waals surface area contributed by atoms with Crippen molar-refractivity contribution >= 4 is 55.5 Å². The van der Waals surface area contributed by atoms with Crippen molar-refractivity contribution < 1.29 is 19.5 Å². The fourth-order valence-electron chi connectivity index (χ4n) is 2.64. The van der Waals surface area contributed by atoms with Crippen molar-refractivity contribution in [3.05, 3.63) is 0 Å². The molecule has 0 heterocycles. The molecule has 0 atom stereocenters. The highest BCUT2D eigenvalue weighted by Crippen LogP contribution is 2.26. The number of rotatable bonds is 15. The number of ketones is 1. The molecule has 0 fully saturated rings. The Labute approximate surface area is 161 Å². The fourth-order valence-corrected chi connectivity index (χ4v) is 3.11. The molecule has 140 valence electrons. The zero-order valence-corrected chi connectivity index (χ0v) is 16.7. The third-order valence-corrected chi connectivity index (χ3v) is 4.82. The zero-order valence-electron chi connectivity index (χ0n) is 14.0. The van der Waals surface area contributed by atoms with Crippen LogP contribution in [0.2, 0.25) is 0 Å². The predicted octanol–water partition coefficient (Wildman–Crippen LogP) is 2.80. The lowest BCUT2D eigenvalue weighted by molar-refractivity contribution is -0.140. The summed E-state index contributed by atoms with van der Waals surface area (Å²) in [5.41, 5.74) is -0.437. The van der Waals surface area contributed by atoms with E-state index in [1.807, 2.05) is 0 Å². The van der Waals surface area contributed by atoms with Gasteiger partial charge in [0, 0.05) is 18.4 Å². The second-order valence-electron chi connectivity index (χ2n) is 5.89. The molecule has 0 unspecified atom stereocenters. The number of aliphatic carboxylic acids is 1. The number of Topliss-reactive ketones (excluding diaryl/α,β-unsaturated/α-hetero) is 1. The number of carbonyl (C=O) groups excluding carboxylic acids is 2. The van der Waals surface area contributed by atoms with Gasteiger partial charge in [-0.05, 0) is 62.2 Å². The van der Waals surface area contributed by atoms with E-state index in [0.717, 1.165) is 38.5 Å². The van der Waals surface area contributed by atoms with E-state index in [0.29, 0.717) is 17.3 Å². The monoisotopic (exact) mass is 395 g/mol. The van der Waals surface area contributed by atoms with E-state index in [2.05, 4.69) is 43.2 Å². The quantitative estimate of drug-likeness (QED) is 0.218. The number of amides is 1. The van der Waals surface area contributed by atoms with Gasteiger partial charge in [0.05, 0.1) is 0 Å². The Morgan fingerprint density at radius 2 is 1.25 bits per heavy atom. The average molecular weight is 396 g/mol. The minimum atomic E-state index is -0.964. The van der Waals surface area contributed by atoms with Crippen molar-refractivity contribution in [2.45, 2.75) is 63.3 Å². The van der Waals surface area contributed by atoms with Gasteiger partial charge in [0.15, 0.2) is 0 Å². The van der Waals surface area contributed by atoms with Crippen LogP contribution in [-0.2, 0) is 14.4 Å². The molecule has 1 amide bonds. The van der Waals surface area contributed by atoms with Crippen LogP contribution in [0.3, 0.4) is 0 Å². The van der Waals surface area contributed by atoms with Crippen molar-refractivity contribution in [2.75, 3.05) is 17.3 Å². The second-order valence-corrected chi connectivity index (χ2v) is 7.23. The summed E-state index contributed by atoms with van der Waals surface area (Å²) in [6.07, 6.45) is 4.83. The standard InChI is InChI=1S/C16H29NO4S3/c18-13(5-1-6-14(19)20)15(21)17-16(7-2-10-22,8-3-11-23)9-4-12-24/h22-24H,1-12H2,(H,17,21)(H,19,20). The molecule has 0 bridgehead atoms. The van der Waals surface area contributed by atoms with Crippen LogP contribution in [0.1, 0.15) is 57.8 Å². The van der Waals surface area contributed by atoms with Crippen LogP contribution in [0.25, 0.3) is 0 Å². The summed E-state index contributed by atoms with van der Waals surface area (Å²) in [5, 5.41) is 11.5. The first kappa shape index (κ1) is 23.7. The van der Waals surface area contributed by atoms with Crippen molar-refractivity contribution in [1.82, 2.24) is 5.32 Å². The summed E-state index contributed by atoms with van der Waals surface area (Å²) in [7, 11) is 0. The molecule has 0 aromatic heterocycles. The molecule has 2 N–H and O–H groups in total. The van der Waals surface area contributed by atoms with Crippen LogP contribution in [-0.4, -0.2) is 45.6 Å². The second kappa shape index (κ2) is 13.9. The van der Waals surface area contributed by atoms with E-state index in [-0.39, 0.29) is 19.3 Å². The molecular formula is C16H29NO4S3. The van der Waals surface area contributed by atoms with E-state index in [1.54, 1.807) is 0 Å². The molecule has 0 saturated heterocycles. The van der Waals surface area contributed by atoms with E-state index in [4.69, 9.17) is 5.11 Å². The molecule has 0 radical (unpaired) electrons. The largest absolute Gasteiger partial charge is 0.481 e. The van der Waals surface area contributed by atoms with Gasteiger partial charge in [0.1, 0.15) is 0 Å². The SMILES string of the molecule is O=C(O)CCCC(=O)C(=O)NC(CCCS)(CCCS)CCCS. The van der Waals surface area contributed by atoms with Gasteiger partial charge in [-0.3, -0.25) is 14.4 Å². The summed E-state index contributed by atoms with van der Waals surface area (Å²) >= 11 is 12.7. The number of hydrogen-bond acceptors (Lipinski definition) is 6. The summed E-state index contributed by atoms with van der Waals surface area (Å²) in [4.78, 5) is 34.7. The first-order valence-corrected chi connectivity index (χ1v) is 10.2. The Balaban J connectivity index is 4.86. The van der Waals surface area contributed by atoms with Crippen LogP contribution >= 0.6 is 37.9 Å². The smallest absolute Gasteiger partial charge is 0.303 e. The number of nitrogens with one attached hydrogen (secondary N) is 1. The van der Waals surface area contributed by atoms with Gasteiger partial charge in [-0.2, -0.15) is 37.9 Å². The zero-order chi connectivity index (χ0) is 18.4. The summed E-state index contributed by atoms with van der Waals surface area (Å²) in [6, 6.07) is 0. The highest BCUT2D eigenvalue weighted by molar-refractivity contribution is 7.80. The molecule has 5 nitrogen and oxygen atoms in total. The Morgan fingerprint density at radius 3 is 1.62 bits per heavy atom. The van der Waals surface area contributed by atoms with Crippen LogP contribution in [0, 0.1) is 0 Å². The lowest BCUT2D eigenvalue weighted by Gasteiger charge is -2.35. The van der Waals surface area contributed by atoms with Gasteiger partial charge in [-0.15, -0.1) is 0 Å². The molecule has 24 heavy (non-hydrogen) atoms. The minimum absolute atomic E-state index is 0.0417. The molecule has 0 aliphatic heterocycles. The van der Waals surface area contributed by atoms with Gasteiger partial charge >= 0.3 is 5.97 Å².